The Kier molecular flexibility index (Phi) is 3.86. The Morgan fingerprint density at radius 1 is 1.38 bits per heavy atom. The minimum Gasteiger partial charge on any atom is -0.306 e. The van der Waals surface area contributed by atoms with Crippen molar-refractivity contribution in [2.24, 2.45) is 5.41 Å². The number of benzene rings is 1. The number of amides is 1. The van der Waals surface area contributed by atoms with E-state index in [0.717, 1.165) is 31.6 Å². The summed E-state index contributed by atoms with van der Waals surface area (Å²) in [7, 11) is 2.18. The molecule has 6 heteroatoms. The highest BCUT2D eigenvalue weighted by molar-refractivity contribution is 5.93. The van der Waals surface area contributed by atoms with E-state index in [-0.39, 0.29) is 11.4 Å². The van der Waals surface area contributed by atoms with Crippen LogP contribution in [0.4, 0.5) is 4.39 Å². The van der Waals surface area contributed by atoms with Crippen molar-refractivity contribution in [3.8, 4) is 0 Å². The van der Waals surface area contributed by atoms with Crippen LogP contribution in [0.25, 0.3) is 0 Å². The van der Waals surface area contributed by atoms with Gasteiger partial charge < -0.3 is 4.90 Å². The first-order valence-corrected chi connectivity index (χ1v) is 8.71. The fourth-order valence-electron chi connectivity index (χ4n) is 4.94. The van der Waals surface area contributed by atoms with Crippen molar-refractivity contribution in [1.29, 1.82) is 0 Å². The van der Waals surface area contributed by atoms with Crippen LogP contribution < -0.4 is 5.48 Å². The number of fused-ring (bicyclic) bond motifs is 1. The molecule has 2 heterocycles. The van der Waals surface area contributed by atoms with E-state index in [1.54, 1.807) is 11.5 Å². The maximum atomic E-state index is 14.5. The zero-order valence-electron chi connectivity index (χ0n) is 14.0. The smallest absolute Gasteiger partial charge is 0.274 e. The molecule has 1 aromatic carbocycles. The quantitative estimate of drug-likeness (QED) is 0.640. The highest BCUT2D eigenvalue weighted by Crippen LogP contribution is 2.51. The summed E-state index contributed by atoms with van der Waals surface area (Å²) in [6.07, 6.45) is 4.48. The molecule has 4 rings (SSSR count). The molecule has 1 saturated carbocycles. The molecule has 1 aliphatic carbocycles. The van der Waals surface area contributed by atoms with E-state index < -0.39 is 5.91 Å². The van der Waals surface area contributed by atoms with Crippen LogP contribution in [-0.2, 0) is 13.0 Å². The topological polar surface area (TPSA) is 55.8 Å². The Labute approximate surface area is 141 Å². The average Bonchev–Trinajstić information content (AvgIpc) is 2.98. The first-order chi connectivity index (χ1) is 11.5. The van der Waals surface area contributed by atoms with Gasteiger partial charge in [0.05, 0.1) is 0 Å². The van der Waals surface area contributed by atoms with Crippen LogP contribution in [0.5, 0.6) is 0 Å². The van der Waals surface area contributed by atoms with Crippen LogP contribution in [0, 0.1) is 11.2 Å². The van der Waals surface area contributed by atoms with Gasteiger partial charge in [-0.3, -0.25) is 14.9 Å². The number of hydroxylamine groups is 1. The molecular formula is C18H24FN3O2. The summed E-state index contributed by atoms with van der Waals surface area (Å²) in [5.74, 6) is -1.00. The molecule has 24 heavy (non-hydrogen) atoms. The van der Waals surface area contributed by atoms with Crippen molar-refractivity contribution in [2.45, 2.75) is 38.3 Å². The van der Waals surface area contributed by atoms with E-state index in [9.17, 15) is 9.18 Å². The van der Waals surface area contributed by atoms with Gasteiger partial charge in [0.25, 0.3) is 5.91 Å². The second-order valence-corrected chi connectivity index (χ2v) is 7.66. The van der Waals surface area contributed by atoms with Gasteiger partial charge in [-0.1, -0.05) is 0 Å². The number of nitrogens with one attached hydrogen (secondary N) is 1. The van der Waals surface area contributed by atoms with Gasteiger partial charge >= 0.3 is 0 Å². The summed E-state index contributed by atoms with van der Waals surface area (Å²) >= 11 is 0. The van der Waals surface area contributed by atoms with Crippen molar-refractivity contribution >= 4 is 5.91 Å². The number of halogens is 1. The Morgan fingerprint density at radius 3 is 2.83 bits per heavy atom. The standard InChI is InChI=1S/C18H24FN3O2/c1-21-7-5-18(11-21)4-2-16(18)22-6-3-12-8-13(17(23)20-24)9-15(19)14(12)10-22/h8-9,16,24H,2-7,10-11H2,1H3,(H,20,23)/t16-,18+/m0/s1. The van der Waals surface area contributed by atoms with Gasteiger partial charge in [0, 0.05) is 36.8 Å². The number of rotatable bonds is 2. The summed E-state index contributed by atoms with van der Waals surface area (Å²) in [6, 6.07) is 3.49. The highest BCUT2D eigenvalue weighted by atomic mass is 19.1. The van der Waals surface area contributed by atoms with Gasteiger partial charge in [-0.25, -0.2) is 9.87 Å². The van der Waals surface area contributed by atoms with E-state index >= 15 is 0 Å². The summed E-state index contributed by atoms with van der Waals surface area (Å²) < 4.78 is 14.5. The number of nitrogens with zero attached hydrogens (tertiary/aromatic N) is 2. The SMILES string of the molecule is CN1CC[C@]2(CC[C@@H]2N2CCc3cc(C(=O)NO)cc(F)c3C2)C1. The van der Waals surface area contributed by atoms with Crippen molar-refractivity contribution in [3.63, 3.8) is 0 Å². The number of hydrogen-bond donors (Lipinski definition) is 2. The maximum absolute atomic E-state index is 14.5. The van der Waals surface area contributed by atoms with Crippen LogP contribution in [-0.4, -0.2) is 53.6 Å². The molecule has 0 radical (unpaired) electrons. The fraction of sp³-hybridized carbons (Fsp3) is 0.611. The monoisotopic (exact) mass is 333 g/mol. The summed E-state index contributed by atoms with van der Waals surface area (Å²) in [4.78, 5) is 16.4. The lowest BCUT2D eigenvalue weighted by molar-refractivity contribution is -0.0264. The van der Waals surface area contributed by atoms with Gasteiger partial charge in [-0.2, -0.15) is 0 Å². The van der Waals surface area contributed by atoms with Gasteiger partial charge in [0.15, 0.2) is 0 Å². The first-order valence-electron chi connectivity index (χ1n) is 8.71. The van der Waals surface area contributed by atoms with Crippen LogP contribution in [0.3, 0.4) is 0 Å². The van der Waals surface area contributed by atoms with Crippen molar-refractivity contribution in [2.75, 3.05) is 26.7 Å². The molecule has 2 fully saturated rings. The van der Waals surface area contributed by atoms with Gasteiger partial charge in [-0.15, -0.1) is 0 Å². The molecule has 3 aliphatic rings. The lowest BCUT2D eigenvalue weighted by atomic mass is 9.62. The molecule has 2 N–H and O–H groups in total. The third kappa shape index (κ3) is 2.44. The minimum absolute atomic E-state index is 0.180. The van der Waals surface area contributed by atoms with Crippen molar-refractivity contribution in [3.05, 3.63) is 34.6 Å². The Balaban J connectivity index is 1.55. The second-order valence-electron chi connectivity index (χ2n) is 7.66. The minimum atomic E-state index is -0.661. The van der Waals surface area contributed by atoms with E-state index in [2.05, 4.69) is 16.8 Å². The molecule has 5 nitrogen and oxygen atoms in total. The van der Waals surface area contributed by atoms with Crippen molar-refractivity contribution in [1.82, 2.24) is 15.3 Å². The molecule has 0 unspecified atom stereocenters. The molecular weight excluding hydrogens is 309 g/mol. The largest absolute Gasteiger partial charge is 0.306 e. The third-order valence-corrected chi connectivity index (χ3v) is 6.32. The summed E-state index contributed by atoms with van der Waals surface area (Å²) in [5, 5.41) is 8.74. The van der Waals surface area contributed by atoms with Crippen LogP contribution in [0.1, 0.15) is 40.7 Å². The Morgan fingerprint density at radius 2 is 2.21 bits per heavy atom. The first kappa shape index (κ1) is 16.0. The molecule has 130 valence electrons. The Hall–Kier alpha value is -1.50. The van der Waals surface area contributed by atoms with E-state index in [1.807, 2.05) is 0 Å². The lowest BCUT2D eigenvalue weighted by Crippen LogP contribution is -2.57. The molecule has 0 aromatic heterocycles. The molecule has 0 bridgehead atoms. The van der Waals surface area contributed by atoms with Gasteiger partial charge in [0.2, 0.25) is 0 Å². The highest BCUT2D eigenvalue weighted by Gasteiger charge is 2.52. The maximum Gasteiger partial charge on any atom is 0.274 e. The number of carbonyl (C=O) groups is 1. The predicted octanol–water partition coefficient (Wildman–Crippen LogP) is 1.79. The van der Waals surface area contributed by atoms with E-state index in [1.165, 1.54) is 25.3 Å². The predicted molar refractivity (Wildman–Crippen MR) is 87.3 cm³/mol. The molecule has 1 spiro atoms. The van der Waals surface area contributed by atoms with Crippen LogP contribution in [0.2, 0.25) is 0 Å². The summed E-state index contributed by atoms with van der Waals surface area (Å²) in [5.41, 5.74) is 3.76. The second kappa shape index (κ2) is 5.79. The lowest BCUT2D eigenvalue weighted by Gasteiger charge is -2.53. The number of likely N-dealkylation sites (tertiary alicyclic amines) is 1. The number of hydrogen-bond acceptors (Lipinski definition) is 4. The molecule has 1 aromatic rings. The molecule has 1 saturated heterocycles. The van der Waals surface area contributed by atoms with E-state index in [0.29, 0.717) is 23.6 Å². The fourth-order valence-corrected chi connectivity index (χ4v) is 4.94. The summed E-state index contributed by atoms with van der Waals surface area (Å²) in [6.45, 7) is 3.85. The van der Waals surface area contributed by atoms with Gasteiger partial charge in [0.1, 0.15) is 5.82 Å². The molecule has 1 amide bonds. The van der Waals surface area contributed by atoms with Gasteiger partial charge in [-0.05, 0) is 62.4 Å². The molecule has 2 aliphatic heterocycles. The normalized spacial score (nSPS) is 30.2. The number of carbonyl (C=O) groups excluding carboxylic acids is 1. The van der Waals surface area contributed by atoms with Crippen LogP contribution >= 0.6 is 0 Å². The zero-order chi connectivity index (χ0) is 16.9. The average molecular weight is 333 g/mol. The Bertz CT molecular complexity index is 680. The van der Waals surface area contributed by atoms with Crippen molar-refractivity contribution < 1.29 is 14.4 Å². The van der Waals surface area contributed by atoms with Crippen LogP contribution in [0.15, 0.2) is 12.1 Å². The molecule has 2 atom stereocenters. The third-order valence-electron chi connectivity index (χ3n) is 6.32. The van der Waals surface area contributed by atoms with E-state index in [4.69, 9.17) is 5.21 Å². The zero-order valence-corrected chi connectivity index (χ0v) is 14.0.